The summed E-state index contributed by atoms with van der Waals surface area (Å²) in [5, 5.41) is 16.9. The van der Waals surface area contributed by atoms with E-state index in [1.165, 1.54) is 11.8 Å². The van der Waals surface area contributed by atoms with Crippen LogP contribution in [0.3, 0.4) is 0 Å². The lowest BCUT2D eigenvalue weighted by molar-refractivity contribution is -0.138. The van der Waals surface area contributed by atoms with Gasteiger partial charge in [-0.2, -0.15) is 5.26 Å². The van der Waals surface area contributed by atoms with Crippen LogP contribution < -0.4 is 10.6 Å². The molecule has 3 rings (SSSR count). The number of benzene rings is 1. The molecule has 0 fully saturated rings. The molecule has 0 saturated heterocycles. The number of nitrogens with zero attached hydrogens (tertiary/aromatic N) is 2. The second kappa shape index (κ2) is 11.0. The largest absolute Gasteiger partial charge is 0.463 e. The molecule has 34 heavy (non-hydrogen) atoms. The predicted octanol–water partition coefficient (Wildman–Crippen LogP) is 4.13. The number of nitrogens with one attached hydrogen (secondary N) is 2. The first kappa shape index (κ1) is 25.1. The Morgan fingerprint density at radius 2 is 1.85 bits per heavy atom. The number of ether oxygens (including phenoxy) is 1. The fourth-order valence-corrected chi connectivity index (χ4v) is 4.48. The lowest BCUT2D eigenvalue weighted by atomic mass is 9.81. The van der Waals surface area contributed by atoms with E-state index in [9.17, 15) is 14.9 Å². The van der Waals surface area contributed by atoms with Gasteiger partial charge in [-0.25, -0.2) is 4.79 Å². The zero-order valence-electron chi connectivity index (χ0n) is 19.7. The lowest BCUT2D eigenvalue weighted by Gasteiger charge is -2.31. The zero-order valence-corrected chi connectivity index (χ0v) is 20.5. The summed E-state index contributed by atoms with van der Waals surface area (Å²) in [4.78, 5) is 29.8. The van der Waals surface area contributed by atoms with Crippen LogP contribution in [-0.4, -0.2) is 34.8 Å². The van der Waals surface area contributed by atoms with Crippen molar-refractivity contribution < 1.29 is 14.3 Å². The van der Waals surface area contributed by atoms with E-state index in [0.717, 1.165) is 11.1 Å². The summed E-state index contributed by atoms with van der Waals surface area (Å²) in [6.07, 6.45) is 3.25. The van der Waals surface area contributed by atoms with E-state index in [1.807, 2.05) is 51.1 Å². The number of hydrogen-bond donors (Lipinski definition) is 2. The molecule has 1 atom stereocenters. The molecule has 8 heteroatoms. The van der Waals surface area contributed by atoms with Crippen LogP contribution in [-0.2, 0) is 14.3 Å². The van der Waals surface area contributed by atoms with Gasteiger partial charge in [0.05, 0.1) is 46.2 Å². The van der Waals surface area contributed by atoms with Gasteiger partial charge in [-0.05, 0) is 51.0 Å². The van der Waals surface area contributed by atoms with Gasteiger partial charge in [0.25, 0.3) is 0 Å². The normalized spacial score (nSPS) is 15.9. The number of thioether (sulfide) groups is 1. The molecule has 0 unspecified atom stereocenters. The van der Waals surface area contributed by atoms with Crippen molar-refractivity contribution in [3.63, 3.8) is 0 Å². The van der Waals surface area contributed by atoms with Gasteiger partial charge < -0.3 is 15.4 Å². The second-order valence-electron chi connectivity index (χ2n) is 8.66. The summed E-state index contributed by atoms with van der Waals surface area (Å²) in [5.41, 5.74) is 2.40. The molecule has 0 spiro atoms. The van der Waals surface area contributed by atoms with Crippen LogP contribution in [0.4, 0.5) is 0 Å². The second-order valence-corrected chi connectivity index (χ2v) is 9.64. The minimum Gasteiger partial charge on any atom is -0.463 e. The molecule has 0 bridgehead atoms. The highest BCUT2D eigenvalue weighted by Gasteiger charge is 2.37. The van der Waals surface area contributed by atoms with Crippen LogP contribution in [0.5, 0.6) is 0 Å². The molecule has 7 nitrogen and oxygen atoms in total. The van der Waals surface area contributed by atoms with Crippen LogP contribution >= 0.6 is 11.8 Å². The number of pyridine rings is 1. The van der Waals surface area contributed by atoms with Gasteiger partial charge in [0.2, 0.25) is 5.91 Å². The maximum absolute atomic E-state index is 13.2. The van der Waals surface area contributed by atoms with Gasteiger partial charge in [0, 0.05) is 17.9 Å². The van der Waals surface area contributed by atoms with Gasteiger partial charge in [-0.3, -0.25) is 9.78 Å². The fraction of sp³-hybridized carbons (Fsp3) is 0.308. The number of rotatable bonds is 7. The first-order valence-electron chi connectivity index (χ1n) is 11.0. The van der Waals surface area contributed by atoms with Crippen molar-refractivity contribution in [3.05, 3.63) is 82.2 Å². The molecule has 1 aromatic heterocycles. The third-order valence-electron chi connectivity index (χ3n) is 4.91. The molecule has 1 aromatic carbocycles. The number of allylic oxidation sites excluding steroid dienone is 1. The Hall–Kier alpha value is -3.57. The zero-order chi connectivity index (χ0) is 24.7. The summed E-state index contributed by atoms with van der Waals surface area (Å²) in [6, 6.07) is 15.3. The molecule has 0 radical (unpaired) electrons. The van der Waals surface area contributed by atoms with E-state index in [-0.39, 0.29) is 23.8 Å². The Morgan fingerprint density at radius 3 is 2.44 bits per heavy atom. The number of hydrogen-bond acceptors (Lipinski definition) is 7. The Morgan fingerprint density at radius 1 is 1.18 bits per heavy atom. The summed E-state index contributed by atoms with van der Waals surface area (Å²) < 4.78 is 5.41. The molecule has 0 saturated carbocycles. The van der Waals surface area contributed by atoms with Gasteiger partial charge in [0.15, 0.2) is 0 Å². The minimum absolute atomic E-state index is 0.116. The van der Waals surface area contributed by atoms with Crippen molar-refractivity contribution >= 4 is 29.3 Å². The highest BCUT2D eigenvalue weighted by atomic mass is 32.2. The molecule has 2 aromatic rings. The van der Waals surface area contributed by atoms with E-state index in [0.29, 0.717) is 21.9 Å². The van der Waals surface area contributed by atoms with Gasteiger partial charge >= 0.3 is 5.97 Å². The summed E-state index contributed by atoms with van der Waals surface area (Å²) in [5.74, 6) is -1.20. The number of carbonyl (C=O) groups is 2. The molecule has 2 N–H and O–H groups in total. The van der Waals surface area contributed by atoms with Crippen LogP contribution in [0, 0.1) is 11.3 Å². The van der Waals surface area contributed by atoms with Crippen LogP contribution in [0.15, 0.2) is 71.0 Å². The van der Waals surface area contributed by atoms with Crippen molar-refractivity contribution in [2.24, 2.45) is 0 Å². The number of amides is 1. The van der Waals surface area contributed by atoms with Crippen molar-refractivity contribution in [3.8, 4) is 6.07 Å². The Kier molecular flexibility index (Phi) is 8.13. The molecule has 0 aliphatic carbocycles. The number of aromatic nitrogens is 1. The maximum Gasteiger partial charge on any atom is 0.337 e. The number of nitriles is 1. The summed E-state index contributed by atoms with van der Waals surface area (Å²) >= 11 is 1.23. The smallest absolute Gasteiger partial charge is 0.337 e. The number of esters is 1. The summed E-state index contributed by atoms with van der Waals surface area (Å²) in [7, 11) is 0. The van der Waals surface area contributed by atoms with E-state index in [4.69, 9.17) is 4.74 Å². The molecule has 2 heterocycles. The SMILES string of the molecule is CCOC(=O)C1=C(c2ccccc2)NC(SCC(=O)NC(C)(C)C)=C(C#N)[C@@H]1c1ccncc1. The third kappa shape index (κ3) is 6.06. The van der Waals surface area contributed by atoms with E-state index in [1.54, 1.807) is 31.5 Å². The Labute approximate surface area is 204 Å². The fourth-order valence-electron chi connectivity index (χ4n) is 3.64. The number of dihydropyridines is 1. The van der Waals surface area contributed by atoms with Crippen molar-refractivity contribution in [1.29, 1.82) is 5.26 Å². The average molecular weight is 477 g/mol. The van der Waals surface area contributed by atoms with Crippen LogP contribution in [0.1, 0.15) is 44.7 Å². The van der Waals surface area contributed by atoms with Crippen LogP contribution in [0.25, 0.3) is 5.70 Å². The van der Waals surface area contributed by atoms with E-state index < -0.39 is 11.9 Å². The monoisotopic (exact) mass is 476 g/mol. The standard InChI is InChI=1S/C26H28N4O3S/c1-5-33-25(32)22-21(17-11-13-28-14-12-17)19(15-27)24(34-16-20(31)30-26(2,3)4)29-23(22)18-9-7-6-8-10-18/h6-14,21,29H,5,16H2,1-4H3,(H,30,31)/t21-/m0/s1. The summed E-state index contributed by atoms with van der Waals surface area (Å²) in [6.45, 7) is 7.68. The molecule has 1 aliphatic heterocycles. The van der Waals surface area contributed by atoms with E-state index >= 15 is 0 Å². The van der Waals surface area contributed by atoms with Crippen molar-refractivity contribution in [1.82, 2.24) is 15.6 Å². The topological polar surface area (TPSA) is 104 Å². The van der Waals surface area contributed by atoms with Gasteiger partial charge in [-0.15, -0.1) is 0 Å². The van der Waals surface area contributed by atoms with E-state index in [2.05, 4.69) is 21.7 Å². The quantitative estimate of drug-likeness (QED) is 0.579. The van der Waals surface area contributed by atoms with Crippen molar-refractivity contribution in [2.45, 2.75) is 39.2 Å². The Balaban J connectivity index is 2.13. The Bertz CT molecular complexity index is 1150. The average Bonchev–Trinajstić information content (AvgIpc) is 2.81. The van der Waals surface area contributed by atoms with Crippen molar-refractivity contribution in [2.75, 3.05) is 12.4 Å². The minimum atomic E-state index is -0.670. The first-order chi connectivity index (χ1) is 16.2. The van der Waals surface area contributed by atoms with Gasteiger partial charge in [0.1, 0.15) is 0 Å². The van der Waals surface area contributed by atoms with Gasteiger partial charge in [-0.1, -0.05) is 42.1 Å². The molecular formula is C26H28N4O3S. The molecule has 176 valence electrons. The lowest BCUT2D eigenvalue weighted by Crippen LogP contribution is -2.41. The molecular weight excluding hydrogens is 448 g/mol. The maximum atomic E-state index is 13.2. The first-order valence-corrected chi connectivity index (χ1v) is 12.0. The predicted molar refractivity (Wildman–Crippen MR) is 133 cm³/mol. The highest BCUT2D eigenvalue weighted by molar-refractivity contribution is 8.03. The molecule has 1 aliphatic rings. The third-order valence-corrected chi connectivity index (χ3v) is 5.93. The highest BCUT2D eigenvalue weighted by Crippen LogP contribution is 2.43. The van der Waals surface area contributed by atoms with Crippen LogP contribution in [0.2, 0.25) is 0 Å². The number of carbonyl (C=O) groups excluding carboxylic acids is 2. The molecule has 1 amide bonds.